The minimum Gasteiger partial charge on any atom is -0.312 e. The van der Waals surface area contributed by atoms with Crippen LogP contribution in [0, 0.1) is 5.82 Å². The SMILES string of the molecule is CC1Cc2cc(F)c(SN)cc2N1C=O. The van der Waals surface area contributed by atoms with Crippen LogP contribution >= 0.6 is 11.9 Å². The maximum atomic E-state index is 13.4. The molecule has 1 heterocycles. The van der Waals surface area contributed by atoms with Crippen molar-refractivity contribution in [3.8, 4) is 0 Å². The Bertz CT molecular complexity index is 411. The molecule has 1 aromatic carbocycles. The van der Waals surface area contributed by atoms with Crippen LogP contribution in [0.15, 0.2) is 17.0 Å². The summed E-state index contributed by atoms with van der Waals surface area (Å²) in [5.74, 6) is -0.318. The molecule has 1 amide bonds. The van der Waals surface area contributed by atoms with Crippen molar-refractivity contribution in [2.45, 2.75) is 24.3 Å². The first-order valence-corrected chi connectivity index (χ1v) is 5.48. The van der Waals surface area contributed by atoms with Gasteiger partial charge in [0.1, 0.15) is 5.82 Å². The lowest BCUT2D eigenvalue weighted by Gasteiger charge is -2.16. The minimum absolute atomic E-state index is 0.0925. The molecule has 5 heteroatoms. The first-order chi connectivity index (χ1) is 7.17. The third-order valence-electron chi connectivity index (χ3n) is 2.64. The van der Waals surface area contributed by atoms with Gasteiger partial charge in [-0.2, -0.15) is 0 Å². The van der Waals surface area contributed by atoms with Crippen LogP contribution in [0.3, 0.4) is 0 Å². The Morgan fingerprint density at radius 1 is 1.67 bits per heavy atom. The standard InChI is InChI=1S/C10H11FN2OS/c1-6-2-7-3-8(11)10(15-12)4-9(7)13(6)5-14/h3-6H,2,12H2,1H3. The molecular weight excluding hydrogens is 215 g/mol. The lowest BCUT2D eigenvalue weighted by atomic mass is 10.1. The molecular formula is C10H11FN2OS. The number of carbonyl (C=O) groups is 1. The van der Waals surface area contributed by atoms with Gasteiger partial charge in [-0.05, 0) is 43.0 Å². The normalized spacial score (nSPS) is 19.1. The predicted octanol–water partition coefficient (Wildman–Crippen LogP) is 1.70. The summed E-state index contributed by atoms with van der Waals surface area (Å²) in [7, 11) is 0. The first-order valence-electron chi connectivity index (χ1n) is 4.60. The van der Waals surface area contributed by atoms with Gasteiger partial charge in [-0.25, -0.2) is 4.39 Å². The number of anilines is 1. The first kappa shape index (κ1) is 10.4. The molecule has 0 radical (unpaired) electrons. The molecule has 1 aliphatic rings. The number of nitrogens with zero attached hydrogens (tertiary/aromatic N) is 1. The molecule has 0 saturated heterocycles. The molecule has 1 unspecified atom stereocenters. The van der Waals surface area contributed by atoms with E-state index in [0.717, 1.165) is 29.6 Å². The molecule has 0 aliphatic carbocycles. The van der Waals surface area contributed by atoms with Gasteiger partial charge in [0.15, 0.2) is 0 Å². The highest BCUT2D eigenvalue weighted by molar-refractivity contribution is 7.97. The van der Waals surface area contributed by atoms with Gasteiger partial charge in [-0.15, -0.1) is 0 Å². The summed E-state index contributed by atoms with van der Waals surface area (Å²) in [5.41, 5.74) is 1.64. The van der Waals surface area contributed by atoms with Crippen LogP contribution in [0.1, 0.15) is 12.5 Å². The zero-order valence-corrected chi connectivity index (χ0v) is 9.05. The highest BCUT2D eigenvalue weighted by Gasteiger charge is 2.27. The number of benzene rings is 1. The van der Waals surface area contributed by atoms with Crippen molar-refractivity contribution in [3.63, 3.8) is 0 Å². The van der Waals surface area contributed by atoms with Gasteiger partial charge in [0.2, 0.25) is 6.41 Å². The van der Waals surface area contributed by atoms with Crippen LogP contribution in [0.2, 0.25) is 0 Å². The van der Waals surface area contributed by atoms with Crippen molar-refractivity contribution >= 4 is 24.0 Å². The van der Waals surface area contributed by atoms with E-state index in [0.29, 0.717) is 11.3 Å². The van der Waals surface area contributed by atoms with Crippen molar-refractivity contribution < 1.29 is 9.18 Å². The lowest BCUT2D eigenvalue weighted by molar-refractivity contribution is -0.107. The summed E-state index contributed by atoms with van der Waals surface area (Å²) >= 11 is 0.858. The summed E-state index contributed by atoms with van der Waals surface area (Å²) in [6, 6.07) is 3.19. The topological polar surface area (TPSA) is 46.3 Å². The summed E-state index contributed by atoms with van der Waals surface area (Å²) in [6.07, 6.45) is 1.47. The molecule has 80 valence electrons. The predicted molar refractivity (Wildman–Crippen MR) is 58.2 cm³/mol. The Kier molecular flexibility index (Phi) is 2.67. The molecule has 2 rings (SSSR count). The highest BCUT2D eigenvalue weighted by atomic mass is 32.2. The van der Waals surface area contributed by atoms with E-state index in [9.17, 15) is 9.18 Å². The summed E-state index contributed by atoms with van der Waals surface area (Å²) < 4.78 is 13.4. The molecule has 0 bridgehead atoms. The Hall–Kier alpha value is -1.07. The second-order valence-corrected chi connectivity index (χ2v) is 4.27. The van der Waals surface area contributed by atoms with Crippen molar-refractivity contribution in [3.05, 3.63) is 23.5 Å². The summed E-state index contributed by atoms with van der Waals surface area (Å²) in [5, 5.41) is 5.34. The second kappa shape index (κ2) is 3.83. The number of amides is 1. The van der Waals surface area contributed by atoms with Crippen molar-refractivity contribution in [1.82, 2.24) is 0 Å². The van der Waals surface area contributed by atoms with Crippen molar-refractivity contribution in [2.24, 2.45) is 5.14 Å². The van der Waals surface area contributed by atoms with Gasteiger partial charge in [0.25, 0.3) is 0 Å². The number of nitrogens with two attached hydrogens (primary N) is 1. The molecule has 1 aromatic rings. The fourth-order valence-corrected chi connectivity index (χ4v) is 2.24. The van der Waals surface area contributed by atoms with E-state index in [1.54, 1.807) is 11.0 Å². The molecule has 0 aromatic heterocycles. The number of carbonyl (C=O) groups excluding carboxylic acids is 1. The van der Waals surface area contributed by atoms with Gasteiger partial charge in [0, 0.05) is 11.7 Å². The van der Waals surface area contributed by atoms with Gasteiger partial charge < -0.3 is 4.90 Å². The van der Waals surface area contributed by atoms with E-state index < -0.39 is 0 Å². The van der Waals surface area contributed by atoms with E-state index in [4.69, 9.17) is 5.14 Å². The average Bonchev–Trinajstić information content (AvgIpc) is 2.51. The molecule has 1 aliphatic heterocycles. The van der Waals surface area contributed by atoms with E-state index in [1.165, 1.54) is 6.07 Å². The van der Waals surface area contributed by atoms with Crippen molar-refractivity contribution in [1.29, 1.82) is 0 Å². The van der Waals surface area contributed by atoms with Crippen LogP contribution in [0.4, 0.5) is 10.1 Å². The van der Waals surface area contributed by atoms with Gasteiger partial charge in [0.05, 0.1) is 4.90 Å². The van der Waals surface area contributed by atoms with Crippen LogP contribution in [-0.4, -0.2) is 12.5 Å². The quantitative estimate of drug-likeness (QED) is 0.616. The number of hydrogen-bond donors (Lipinski definition) is 1. The third-order valence-corrected chi connectivity index (χ3v) is 3.21. The molecule has 0 fully saturated rings. The van der Waals surface area contributed by atoms with E-state index in [-0.39, 0.29) is 11.9 Å². The van der Waals surface area contributed by atoms with Crippen LogP contribution < -0.4 is 10.0 Å². The number of fused-ring (bicyclic) bond motifs is 1. The Labute approximate surface area is 91.6 Å². The second-order valence-electron chi connectivity index (χ2n) is 3.60. The number of rotatable bonds is 2. The lowest BCUT2D eigenvalue weighted by Crippen LogP contribution is -2.27. The van der Waals surface area contributed by atoms with E-state index in [1.807, 2.05) is 6.92 Å². The molecule has 3 nitrogen and oxygen atoms in total. The van der Waals surface area contributed by atoms with Gasteiger partial charge in [-0.1, -0.05) is 0 Å². The zero-order chi connectivity index (χ0) is 11.0. The summed E-state index contributed by atoms with van der Waals surface area (Å²) in [4.78, 5) is 12.8. The molecule has 1 atom stereocenters. The number of halogens is 1. The van der Waals surface area contributed by atoms with Crippen molar-refractivity contribution in [2.75, 3.05) is 4.90 Å². The molecule has 2 N–H and O–H groups in total. The van der Waals surface area contributed by atoms with Crippen LogP contribution in [0.25, 0.3) is 0 Å². The minimum atomic E-state index is -0.318. The number of hydrogen-bond acceptors (Lipinski definition) is 3. The van der Waals surface area contributed by atoms with E-state index in [2.05, 4.69) is 0 Å². The van der Waals surface area contributed by atoms with Crippen LogP contribution in [-0.2, 0) is 11.2 Å². The Morgan fingerprint density at radius 3 is 3.00 bits per heavy atom. The Morgan fingerprint density at radius 2 is 2.40 bits per heavy atom. The zero-order valence-electron chi connectivity index (χ0n) is 8.24. The average molecular weight is 226 g/mol. The molecule has 0 saturated carbocycles. The maximum Gasteiger partial charge on any atom is 0.214 e. The highest BCUT2D eigenvalue weighted by Crippen LogP contribution is 2.35. The van der Waals surface area contributed by atoms with E-state index >= 15 is 0 Å². The largest absolute Gasteiger partial charge is 0.312 e. The smallest absolute Gasteiger partial charge is 0.214 e. The fraction of sp³-hybridized carbons (Fsp3) is 0.300. The third kappa shape index (κ3) is 1.61. The van der Waals surface area contributed by atoms with Gasteiger partial charge >= 0.3 is 0 Å². The maximum absolute atomic E-state index is 13.4. The monoisotopic (exact) mass is 226 g/mol. The fourth-order valence-electron chi connectivity index (χ4n) is 1.89. The summed E-state index contributed by atoms with van der Waals surface area (Å²) in [6.45, 7) is 1.93. The van der Waals surface area contributed by atoms with Gasteiger partial charge in [-0.3, -0.25) is 9.93 Å². The van der Waals surface area contributed by atoms with Crippen LogP contribution in [0.5, 0.6) is 0 Å². The molecule has 0 spiro atoms. The molecule has 15 heavy (non-hydrogen) atoms. The Balaban J connectivity index is 2.51.